The van der Waals surface area contributed by atoms with E-state index in [1.54, 1.807) is 71.3 Å². The van der Waals surface area contributed by atoms with Crippen LogP contribution in [0, 0.1) is 17.1 Å². The van der Waals surface area contributed by atoms with Crippen LogP contribution in [0.25, 0.3) is 6.08 Å². The van der Waals surface area contributed by atoms with E-state index in [0.29, 0.717) is 23.8 Å². The summed E-state index contributed by atoms with van der Waals surface area (Å²) >= 11 is 7.65. The van der Waals surface area contributed by atoms with Crippen LogP contribution in [-0.2, 0) is 21.6 Å². The standard InChI is InChI=1S/C27H26ClFN4O3S/c1-19(27(34,16-33-18-31-17-32-33)22-8-10-23(28)11-9-22)37-24-14-35-26(36-15-24)5-3-2-4-21-7-6-20(13-30)12-25(21)29/h2-12,17-19,24,26,34H,14-16H2,1H3/b4-2+,5-3+/t19-,24-,26-,27-/m1/s1. The highest BCUT2D eigenvalue weighted by molar-refractivity contribution is 8.00. The zero-order valence-electron chi connectivity index (χ0n) is 20.1. The minimum atomic E-state index is -1.23. The highest BCUT2D eigenvalue weighted by Gasteiger charge is 2.39. The number of aliphatic hydroxyl groups is 1. The van der Waals surface area contributed by atoms with Crippen LogP contribution in [0.4, 0.5) is 4.39 Å². The van der Waals surface area contributed by atoms with Crippen LogP contribution in [0.2, 0.25) is 5.02 Å². The number of nitrogens with zero attached hydrogens (tertiary/aromatic N) is 4. The van der Waals surface area contributed by atoms with Crippen molar-refractivity contribution >= 4 is 29.4 Å². The molecule has 1 saturated heterocycles. The molecule has 2 atom stereocenters. The first kappa shape index (κ1) is 27.0. The second-order valence-corrected chi connectivity index (χ2v) is 10.6. The molecule has 3 aromatic rings. The van der Waals surface area contributed by atoms with Gasteiger partial charge in [0.05, 0.1) is 36.6 Å². The number of hydrogen-bond donors (Lipinski definition) is 1. The molecule has 192 valence electrons. The first-order valence-corrected chi connectivity index (χ1v) is 12.9. The molecule has 0 amide bonds. The first-order chi connectivity index (χ1) is 17.9. The molecule has 1 N–H and O–H groups in total. The van der Waals surface area contributed by atoms with Crippen molar-refractivity contribution in [3.63, 3.8) is 0 Å². The zero-order valence-corrected chi connectivity index (χ0v) is 21.6. The molecule has 7 nitrogen and oxygen atoms in total. The molecule has 1 aliphatic rings. The molecule has 10 heteroatoms. The predicted octanol–water partition coefficient (Wildman–Crippen LogP) is 4.96. The minimum Gasteiger partial charge on any atom is -0.382 e. The van der Waals surface area contributed by atoms with Crippen LogP contribution >= 0.6 is 23.4 Å². The number of halogens is 2. The number of rotatable bonds is 9. The maximum absolute atomic E-state index is 14.0. The fraction of sp³-hybridized carbons (Fsp3) is 0.296. The van der Waals surface area contributed by atoms with Gasteiger partial charge in [0.1, 0.15) is 24.1 Å². The van der Waals surface area contributed by atoms with Gasteiger partial charge in [-0.25, -0.2) is 14.1 Å². The number of nitriles is 1. The smallest absolute Gasteiger partial charge is 0.177 e. The van der Waals surface area contributed by atoms with Gasteiger partial charge in [-0.05, 0) is 35.9 Å². The van der Waals surface area contributed by atoms with E-state index in [2.05, 4.69) is 10.1 Å². The summed E-state index contributed by atoms with van der Waals surface area (Å²) in [5.41, 5.74) is 0.168. The van der Waals surface area contributed by atoms with Crippen LogP contribution in [0.15, 0.2) is 73.3 Å². The van der Waals surface area contributed by atoms with Gasteiger partial charge < -0.3 is 14.6 Å². The minimum absolute atomic E-state index is 0.0116. The Balaban J connectivity index is 1.33. The number of benzene rings is 2. The molecule has 0 spiro atoms. The lowest BCUT2D eigenvalue weighted by molar-refractivity contribution is -0.146. The van der Waals surface area contributed by atoms with Gasteiger partial charge >= 0.3 is 0 Å². The van der Waals surface area contributed by atoms with Gasteiger partial charge in [-0.1, -0.05) is 55.0 Å². The Kier molecular flexibility index (Phi) is 9.14. The van der Waals surface area contributed by atoms with E-state index in [-0.39, 0.29) is 22.6 Å². The van der Waals surface area contributed by atoms with Crippen molar-refractivity contribution in [1.82, 2.24) is 14.8 Å². The molecule has 0 saturated carbocycles. The molecule has 37 heavy (non-hydrogen) atoms. The van der Waals surface area contributed by atoms with Crippen molar-refractivity contribution in [1.29, 1.82) is 5.26 Å². The topological polar surface area (TPSA) is 93.2 Å². The van der Waals surface area contributed by atoms with Crippen LogP contribution in [0.3, 0.4) is 0 Å². The maximum Gasteiger partial charge on any atom is 0.177 e. The Hall–Kier alpha value is -3.00. The fourth-order valence-corrected chi connectivity index (χ4v) is 5.35. The second-order valence-electron chi connectivity index (χ2n) is 8.55. The number of ether oxygens (including phenoxy) is 2. The van der Waals surface area contributed by atoms with Crippen LogP contribution in [0.5, 0.6) is 0 Å². The van der Waals surface area contributed by atoms with E-state index in [1.165, 1.54) is 12.4 Å². The summed E-state index contributed by atoms with van der Waals surface area (Å²) in [5, 5.41) is 25.2. The summed E-state index contributed by atoms with van der Waals surface area (Å²) in [7, 11) is 0. The second kappa shape index (κ2) is 12.5. The molecule has 4 rings (SSSR count). The van der Waals surface area contributed by atoms with E-state index in [4.69, 9.17) is 26.3 Å². The van der Waals surface area contributed by atoms with Crippen molar-refractivity contribution < 1.29 is 19.0 Å². The Morgan fingerprint density at radius 2 is 2.03 bits per heavy atom. The maximum atomic E-state index is 14.0. The Morgan fingerprint density at radius 3 is 2.68 bits per heavy atom. The van der Waals surface area contributed by atoms with Crippen molar-refractivity contribution in [2.75, 3.05) is 13.2 Å². The van der Waals surface area contributed by atoms with Crippen molar-refractivity contribution in [2.24, 2.45) is 0 Å². The number of hydrogen-bond acceptors (Lipinski definition) is 7. The molecule has 0 bridgehead atoms. The summed E-state index contributed by atoms with van der Waals surface area (Å²) in [6.07, 6.45) is 9.28. The van der Waals surface area contributed by atoms with E-state index in [9.17, 15) is 9.50 Å². The van der Waals surface area contributed by atoms with Gasteiger partial charge in [0.15, 0.2) is 6.29 Å². The summed E-state index contributed by atoms with van der Waals surface area (Å²) in [6, 6.07) is 13.4. The molecule has 1 fully saturated rings. The quantitative estimate of drug-likeness (QED) is 0.383. The molecule has 0 aliphatic carbocycles. The van der Waals surface area contributed by atoms with Gasteiger partial charge in [0.2, 0.25) is 0 Å². The predicted molar refractivity (Wildman–Crippen MR) is 141 cm³/mol. The van der Waals surface area contributed by atoms with Crippen molar-refractivity contribution in [3.05, 3.63) is 101 Å². The molecule has 0 radical (unpaired) electrons. The number of aromatic nitrogens is 3. The molecule has 1 aliphatic heterocycles. The molecule has 2 aromatic carbocycles. The Morgan fingerprint density at radius 1 is 1.27 bits per heavy atom. The average Bonchev–Trinajstić information content (AvgIpc) is 3.41. The third kappa shape index (κ3) is 7.06. The van der Waals surface area contributed by atoms with E-state index < -0.39 is 17.7 Å². The lowest BCUT2D eigenvalue weighted by atomic mass is 9.90. The normalized spacial score (nSPS) is 20.6. The first-order valence-electron chi connectivity index (χ1n) is 11.6. The third-order valence-electron chi connectivity index (χ3n) is 5.96. The monoisotopic (exact) mass is 540 g/mol. The molecule has 0 unspecified atom stereocenters. The lowest BCUT2D eigenvalue weighted by Crippen LogP contribution is -2.43. The molecular formula is C27H26ClFN4O3S. The Labute approximate surface area is 224 Å². The molecule has 2 heterocycles. The third-order valence-corrected chi connectivity index (χ3v) is 7.67. The van der Waals surface area contributed by atoms with Gasteiger partial charge in [0.25, 0.3) is 0 Å². The van der Waals surface area contributed by atoms with Gasteiger partial charge in [-0.15, -0.1) is 11.8 Å². The van der Waals surface area contributed by atoms with Crippen LogP contribution < -0.4 is 0 Å². The van der Waals surface area contributed by atoms with E-state index in [1.807, 2.05) is 25.1 Å². The van der Waals surface area contributed by atoms with Crippen molar-refractivity contribution in [3.8, 4) is 6.07 Å². The average molecular weight is 541 g/mol. The van der Waals surface area contributed by atoms with Gasteiger partial charge in [-0.2, -0.15) is 10.4 Å². The van der Waals surface area contributed by atoms with Crippen LogP contribution in [-0.4, -0.2) is 49.9 Å². The van der Waals surface area contributed by atoms with Crippen molar-refractivity contribution in [2.45, 2.75) is 35.9 Å². The fourth-order valence-electron chi connectivity index (χ4n) is 3.89. The number of allylic oxidation sites excluding steroid dienone is 2. The summed E-state index contributed by atoms with van der Waals surface area (Å²) in [5.74, 6) is -0.453. The van der Waals surface area contributed by atoms with E-state index >= 15 is 0 Å². The van der Waals surface area contributed by atoms with Gasteiger partial charge in [-0.3, -0.25) is 0 Å². The summed E-state index contributed by atoms with van der Waals surface area (Å²) < 4.78 is 27.3. The SMILES string of the molecule is C[C@@H](S[C@H]1CO[C@H](/C=C/C=C/c2ccc(C#N)cc2F)OC1)[C@](O)(Cn1cncn1)c1ccc(Cl)cc1. The molecule has 1 aromatic heterocycles. The van der Waals surface area contributed by atoms with Gasteiger partial charge in [0, 0.05) is 15.8 Å². The lowest BCUT2D eigenvalue weighted by Gasteiger charge is -2.37. The largest absolute Gasteiger partial charge is 0.382 e. The Bertz CT molecular complexity index is 1270. The van der Waals surface area contributed by atoms with E-state index in [0.717, 1.165) is 5.56 Å². The van der Waals surface area contributed by atoms with Crippen LogP contribution in [0.1, 0.15) is 23.6 Å². The highest BCUT2D eigenvalue weighted by Crippen LogP contribution is 2.37. The zero-order chi connectivity index (χ0) is 26.3. The summed E-state index contributed by atoms with van der Waals surface area (Å²) in [6.45, 7) is 3.08. The summed E-state index contributed by atoms with van der Waals surface area (Å²) in [4.78, 5) is 3.99. The highest BCUT2D eigenvalue weighted by atomic mass is 35.5. The molecular weight excluding hydrogens is 515 g/mol. The number of thioether (sulfide) groups is 1.